The average molecular weight is 497 g/mol. The molecule has 0 radical (unpaired) electrons. The Hall–Kier alpha value is -3.36. The van der Waals surface area contributed by atoms with Gasteiger partial charge >= 0.3 is 6.09 Å². The number of rotatable bonds is 11. The fourth-order valence-electron chi connectivity index (χ4n) is 4.27. The molecule has 3 rings (SSSR count). The first-order chi connectivity index (χ1) is 17.1. The maximum absolute atomic E-state index is 12.6. The number of nitrogens with one attached hydrogen (secondary N) is 2. The fourth-order valence-corrected chi connectivity index (χ4v) is 4.27. The number of nitrogen functional groups attached to an aromatic ring is 1. The van der Waals surface area contributed by atoms with Crippen molar-refractivity contribution in [2.75, 3.05) is 18.8 Å². The Morgan fingerprint density at radius 1 is 1.22 bits per heavy atom. The predicted octanol–water partition coefficient (Wildman–Crippen LogP) is 4.57. The van der Waals surface area contributed by atoms with E-state index in [1.807, 2.05) is 39.8 Å². The predicted molar refractivity (Wildman–Crippen MR) is 144 cm³/mol. The van der Waals surface area contributed by atoms with E-state index in [4.69, 9.17) is 10.5 Å². The molecule has 9 heteroatoms. The van der Waals surface area contributed by atoms with Crippen molar-refractivity contribution < 1.29 is 14.3 Å². The molecule has 1 atom stereocenters. The van der Waals surface area contributed by atoms with E-state index in [9.17, 15) is 9.59 Å². The van der Waals surface area contributed by atoms with Crippen LogP contribution in [0.15, 0.2) is 24.4 Å². The van der Waals surface area contributed by atoms with Crippen molar-refractivity contribution in [3.8, 4) is 0 Å². The number of pyridine rings is 2. The summed E-state index contributed by atoms with van der Waals surface area (Å²) in [6, 6.07) is 5.89. The smallest absolute Gasteiger partial charge is 0.407 e. The number of aromatic nitrogens is 3. The van der Waals surface area contributed by atoms with E-state index in [1.165, 1.54) is 5.69 Å². The molecule has 3 aromatic rings. The van der Waals surface area contributed by atoms with Crippen LogP contribution in [-0.2, 0) is 22.5 Å². The van der Waals surface area contributed by atoms with E-state index < -0.39 is 11.7 Å². The summed E-state index contributed by atoms with van der Waals surface area (Å²) >= 11 is 0. The summed E-state index contributed by atoms with van der Waals surface area (Å²) in [6.07, 6.45) is 5.50. The Labute approximate surface area is 213 Å². The zero-order chi connectivity index (χ0) is 26.3. The second-order valence-electron chi connectivity index (χ2n) is 10.4. The van der Waals surface area contributed by atoms with Gasteiger partial charge < -0.3 is 25.7 Å². The van der Waals surface area contributed by atoms with Crippen LogP contribution in [0.25, 0.3) is 21.9 Å². The van der Waals surface area contributed by atoms with Gasteiger partial charge in [-0.1, -0.05) is 20.3 Å². The highest BCUT2D eigenvalue weighted by Crippen LogP contribution is 2.30. The fraction of sp³-hybridized carbons (Fsp3) is 0.556. The first kappa shape index (κ1) is 27.2. The third-order valence-corrected chi connectivity index (χ3v) is 5.99. The summed E-state index contributed by atoms with van der Waals surface area (Å²) in [5.74, 6) is 0.627. The van der Waals surface area contributed by atoms with Gasteiger partial charge in [0.15, 0.2) is 0 Å². The Morgan fingerprint density at radius 2 is 2.00 bits per heavy atom. The van der Waals surface area contributed by atoms with Gasteiger partial charge in [0, 0.05) is 43.3 Å². The normalized spacial score (nSPS) is 12.6. The van der Waals surface area contributed by atoms with Crippen LogP contribution in [0.2, 0.25) is 0 Å². The number of aryl methyl sites for hydroxylation is 1. The van der Waals surface area contributed by atoms with Crippen molar-refractivity contribution in [3.63, 3.8) is 0 Å². The number of anilines is 1. The van der Waals surface area contributed by atoms with Crippen LogP contribution in [-0.4, -0.2) is 45.2 Å². The second-order valence-corrected chi connectivity index (χ2v) is 10.4. The minimum Gasteiger partial charge on any atom is -0.444 e. The molecule has 2 amide bonds. The lowest BCUT2D eigenvalue weighted by Crippen LogP contribution is -2.34. The van der Waals surface area contributed by atoms with E-state index in [0.29, 0.717) is 38.3 Å². The maximum Gasteiger partial charge on any atom is 0.407 e. The molecule has 3 aromatic heterocycles. The number of amides is 2. The molecule has 0 aliphatic rings. The minimum absolute atomic E-state index is 0.00417. The summed E-state index contributed by atoms with van der Waals surface area (Å²) < 4.78 is 7.47. The quantitative estimate of drug-likeness (QED) is 0.357. The first-order valence-corrected chi connectivity index (χ1v) is 12.8. The lowest BCUT2D eigenvalue weighted by Gasteiger charge is -2.20. The molecule has 0 saturated heterocycles. The number of nitrogens with zero attached hydrogens (tertiary/aromatic N) is 3. The van der Waals surface area contributed by atoms with E-state index >= 15 is 0 Å². The molecule has 3 heterocycles. The van der Waals surface area contributed by atoms with Crippen LogP contribution in [0.3, 0.4) is 0 Å². The molecular weight excluding hydrogens is 456 g/mol. The van der Waals surface area contributed by atoms with Crippen LogP contribution in [0, 0.1) is 5.92 Å². The van der Waals surface area contributed by atoms with Gasteiger partial charge in [-0.25, -0.2) is 9.78 Å². The zero-order valence-corrected chi connectivity index (χ0v) is 22.2. The number of nitrogens with two attached hydrogens (primary N) is 1. The monoisotopic (exact) mass is 496 g/mol. The number of carbonyl (C=O) groups excluding carboxylic acids is 2. The number of carbonyl (C=O) groups is 2. The van der Waals surface area contributed by atoms with Crippen molar-refractivity contribution in [1.29, 1.82) is 0 Å². The van der Waals surface area contributed by atoms with Gasteiger partial charge in [0.2, 0.25) is 5.91 Å². The largest absolute Gasteiger partial charge is 0.444 e. The molecule has 0 aromatic carbocycles. The highest BCUT2D eigenvalue weighted by atomic mass is 16.6. The third-order valence-electron chi connectivity index (χ3n) is 5.99. The summed E-state index contributed by atoms with van der Waals surface area (Å²) in [5.41, 5.74) is 9.51. The molecule has 36 heavy (non-hydrogen) atoms. The van der Waals surface area contributed by atoms with Crippen molar-refractivity contribution in [3.05, 3.63) is 30.1 Å². The summed E-state index contributed by atoms with van der Waals surface area (Å²) in [5, 5.41) is 6.71. The molecule has 0 spiro atoms. The molecule has 1 unspecified atom stereocenters. The highest BCUT2D eigenvalue weighted by molar-refractivity contribution is 6.06. The van der Waals surface area contributed by atoms with Gasteiger partial charge in [0.1, 0.15) is 16.9 Å². The Balaban J connectivity index is 1.60. The van der Waals surface area contributed by atoms with Crippen molar-refractivity contribution in [1.82, 2.24) is 25.2 Å². The van der Waals surface area contributed by atoms with Crippen LogP contribution >= 0.6 is 0 Å². The summed E-state index contributed by atoms with van der Waals surface area (Å²) in [6.45, 7) is 11.2. The Morgan fingerprint density at radius 3 is 2.72 bits per heavy atom. The molecule has 0 fully saturated rings. The lowest BCUT2D eigenvalue weighted by atomic mass is 10.0. The van der Waals surface area contributed by atoms with Crippen LogP contribution in [0.4, 0.5) is 10.6 Å². The molecule has 0 saturated carbocycles. The van der Waals surface area contributed by atoms with E-state index in [1.54, 1.807) is 6.20 Å². The van der Waals surface area contributed by atoms with Gasteiger partial charge in [0.25, 0.3) is 0 Å². The summed E-state index contributed by atoms with van der Waals surface area (Å²) in [7, 11) is 0. The third kappa shape index (κ3) is 7.32. The number of unbranched alkanes of at least 4 members (excludes halogenated alkanes) is 1. The number of hydrogen-bond acceptors (Lipinski definition) is 6. The lowest BCUT2D eigenvalue weighted by molar-refractivity contribution is -0.121. The SMILES string of the molecule is CCCCc1cc2c(N)nc3cccnc3c2n1CCNC(=O)CC(C)CCNC(=O)OC(C)(C)C. The van der Waals surface area contributed by atoms with E-state index in [-0.39, 0.29) is 11.8 Å². The van der Waals surface area contributed by atoms with Crippen molar-refractivity contribution in [2.24, 2.45) is 5.92 Å². The van der Waals surface area contributed by atoms with Crippen LogP contribution < -0.4 is 16.4 Å². The number of ether oxygens (including phenoxy) is 1. The van der Waals surface area contributed by atoms with Gasteiger partial charge in [-0.15, -0.1) is 0 Å². The molecule has 0 aliphatic carbocycles. The molecule has 9 nitrogen and oxygen atoms in total. The molecule has 196 valence electrons. The molecule has 4 N–H and O–H groups in total. The topological polar surface area (TPSA) is 124 Å². The first-order valence-electron chi connectivity index (χ1n) is 12.8. The number of fused-ring (bicyclic) bond motifs is 3. The van der Waals surface area contributed by atoms with E-state index in [0.717, 1.165) is 41.2 Å². The second kappa shape index (κ2) is 12.1. The minimum atomic E-state index is -0.526. The molecule has 0 aliphatic heterocycles. The van der Waals surface area contributed by atoms with Crippen LogP contribution in [0.5, 0.6) is 0 Å². The van der Waals surface area contributed by atoms with Crippen LogP contribution in [0.1, 0.15) is 66.0 Å². The van der Waals surface area contributed by atoms with Crippen molar-refractivity contribution >= 4 is 39.8 Å². The van der Waals surface area contributed by atoms with Crippen molar-refractivity contribution in [2.45, 2.75) is 78.9 Å². The van der Waals surface area contributed by atoms with Gasteiger partial charge in [0.05, 0.1) is 11.0 Å². The Kier molecular flexibility index (Phi) is 9.12. The average Bonchev–Trinajstić information content (AvgIpc) is 3.15. The maximum atomic E-state index is 12.6. The van der Waals surface area contributed by atoms with Gasteiger partial charge in [-0.2, -0.15) is 0 Å². The van der Waals surface area contributed by atoms with E-state index in [2.05, 4.69) is 38.2 Å². The van der Waals surface area contributed by atoms with Gasteiger partial charge in [-0.05, 0) is 64.2 Å². The Bertz CT molecular complexity index is 1200. The molecule has 0 bridgehead atoms. The number of alkyl carbamates (subject to hydrolysis) is 1. The highest BCUT2D eigenvalue weighted by Gasteiger charge is 2.18. The van der Waals surface area contributed by atoms with Gasteiger partial charge in [-0.3, -0.25) is 9.78 Å². The number of hydrogen-bond donors (Lipinski definition) is 3. The summed E-state index contributed by atoms with van der Waals surface area (Å²) in [4.78, 5) is 33.5. The zero-order valence-electron chi connectivity index (χ0n) is 22.2. The standard InChI is InChI=1S/C27H40N6O3/c1-6-7-9-19-17-20-24(23-21(32-25(20)28)10-8-12-30-23)33(19)15-14-29-22(34)16-18(2)11-13-31-26(35)36-27(3,4)5/h8,10,12,17-18H,6-7,9,11,13-16H2,1-5H3,(H2,28,32)(H,29,34)(H,31,35). The molecular formula is C27H40N6O3.